The summed E-state index contributed by atoms with van der Waals surface area (Å²) in [7, 11) is 3.76. The van der Waals surface area contributed by atoms with Crippen LogP contribution in [0.2, 0.25) is 0 Å². The van der Waals surface area contributed by atoms with Crippen molar-refractivity contribution in [2.24, 2.45) is 12.8 Å². The zero-order chi connectivity index (χ0) is 12.4. The largest absolute Gasteiger partial charge is 0.406 e. The third kappa shape index (κ3) is 2.62. The van der Waals surface area contributed by atoms with Crippen LogP contribution in [0.3, 0.4) is 0 Å². The SMILES string of the molecule is CC(N)c1nnc(N(C)Cc2cnn(C)c2)o1. The summed E-state index contributed by atoms with van der Waals surface area (Å²) >= 11 is 0. The maximum atomic E-state index is 5.65. The summed E-state index contributed by atoms with van der Waals surface area (Å²) in [6.07, 6.45) is 3.75. The molecule has 17 heavy (non-hydrogen) atoms. The Bertz CT molecular complexity index is 488. The summed E-state index contributed by atoms with van der Waals surface area (Å²) < 4.78 is 7.19. The summed E-state index contributed by atoms with van der Waals surface area (Å²) in [6.45, 7) is 2.47. The average Bonchev–Trinajstić information content (AvgIpc) is 2.86. The summed E-state index contributed by atoms with van der Waals surface area (Å²) in [5, 5.41) is 11.9. The molecule has 2 aromatic heterocycles. The highest BCUT2D eigenvalue weighted by atomic mass is 16.4. The number of rotatable bonds is 4. The third-order valence-corrected chi connectivity index (χ3v) is 2.32. The highest BCUT2D eigenvalue weighted by Crippen LogP contribution is 2.16. The number of anilines is 1. The van der Waals surface area contributed by atoms with Crippen LogP contribution in [0.4, 0.5) is 6.01 Å². The number of nitrogens with zero attached hydrogens (tertiary/aromatic N) is 5. The third-order valence-electron chi connectivity index (χ3n) is 2.32. The first-order chi connectivity index (χ1) is 8.06. The summed E-state index contributed by atoms with van der Waals surface area (Å²) in [4.78, 5) is 1.86. The lowest BCUT2D eigenvalue weighted by Crippen LogP contribution is -2.16. The quantitative estimate of drug-likeness (QED) is 0.830. The molecule has 0 fully saturated rings. The van der Waals surface area contributed by atoms with E-state index in [9.17, 15) is 0 Å². The Morgan fingerprint density at radius 1 is 1.53 bits per heavy atom. The van der Waals surface area contributed by atoms with E-state index in [1.807, 2.05) is 25.2 Å². The number of hydrogen-bond donors (Lipinski definition) is 1. The molecule has 2 heterocycles. The Morgan fingerprint density at radius 3 is 2.82 bits per heavy atom. The first kappa shape index (κ1) is 11.6. The first-order valence-electron chi connectivity index (χ1n) is 5.34. The van der Waals surface area contributed by atoms with Crippen LogP contribution in [0.15, 0.2) is 16.8 Å². The summed E-state index contributed by atoms with van der Waals surface area (Å²) in [5.74, 6) is 0.443. The van der Waals surface area contributed by atoms with Crippen LogP contribution in [0.1, 0.15) is 24.4 Å². The van der Waals surface area contributed by atoms with E-state index in [1.165, 1.54) is 0 Å². The van der Waals surface area contributed by atoms with Gasteiger partial charge in [0, 0.05) is 25.9 Å². The molecule has 0 aliphatic heterocycles. The molecule has 1 atom stereocenters. The Morgan fingerprint density at radius 2 is 2.29 bits per heavy atom. The van der Waals surface area contributed by atoms with Crippen LogP contribution in [0.25, 0.3) is 0 Å². The highest BCUT2D eigenvalue weighted by molar-refractivity contribution is 5.25. The van der Waals surface area contributed by atoms with Gasteiger partial charge in [-0.25, -0.2) is 0 Å². The minimum atomic E-state index is -0.247. The van der Waals surface area contributed by atoms with E-state index in [4.69, 9.17) is 10.2 Å². The van der Waals surface area contributed by atoms with Gasteiger partial charge in [0.15, 0.2) is 0 Å². The van der Waals surface area contributed by atoms with Gasteiger partial charge in [0.2, 0.25) is 5.89 Å². The van der Waals surface area contributed by atoms with Crippen molar-refractivity contribution in [2.45, 2.75) is 19.5 Å². The topological polar surface area (TPSA) is 86.0 Å². The van der Waals surface area contributed by atoms with Gasteiger partial charge >= 0.3 is 6.01 Å². The predicted octanol–water partition coefficient (Wildman–Crippen LogP) is 0.459. The smallest absolute Gasteiger partial charge is 0.318 e. The lowest BCUT2D eigenvalue weighted by atomic mass is 10.3. The Balaban J connectivity index is 2.06. The van der Waals surface area contributed by atoms with Crippen LogP contribution < -0.4 is 10.6 Å². The van der Waals surface area contributed by atoms with Crippen LogP contribution in [0, 0.1) is 0 Å². The maximum absolute atomic E-state index is 5.65. The molecule has 0 aliphatic carbocycles. The van der Waals surface area contributed by atoms with E-state index in [0.29, 0.717) is 18.5 Å². The first-order valence-corrected chi connectivity index (χ1v) is 5.34. The molecule has 0 amide bonds. The zero-order valence-electron chi connectivity index (χ0n) is 10.2. The lowest BCUT2D eigenvalue weighted by Gasteiger charge is -2.11. The van der Waals surface area contributed by atoms with Gasteiger partial charge in [-0.05, 0) is 6.92 Å². The van der Waals surface area contributed by atoms with E-state index in [1.54, 1.807) is 17.8 Å². The van der Waals surface area contributed by atoms with Gasteiger partial charge in [-0.3, -0.25) is 4.68 Å². The standard InChI is InChI=1S/C10H16N6O/c1-7(11)9-13-14-10(17-9)15(2)5-8-4-12-16(3)6-8/h4,6-7H,5,11H2,1-3H3. The zero-order valence-corrected chi connectivity index (χ0v) is 10.2. The molecule has 2 rings (SSSR count). The van der Waals surface area contributed by atoms with Crippen molar-refractivity contribution in [3.63, 3.8) is 0 Å². The molecule has 7 heteroatoms. The highest BCUT2D eigenvalue weighted by Gasteiger charge is 2.13. The number of aryl methyl sites for hydroxylation is 1. The molecule has 0 bridgehead atoms. The number of hydrogen-bond acceptors (Lipinski definition) is 6. The van der Waals surface area contributed by atoms with Crippen LogP contribution >= 0.6 is 0 Å². The van der Waals surface area contributed by atoms with Gasteiger partial charge in [-0.2, -0.15) is 5.10 Å². The Kier molecular flexibility index (Phi) is 3.10. The number of nitrogens with two attached hydrogens (primary N) is 1. The van der Waals surface area contributed by atoms with Gasteiger partial charge in [-0.15, -0.1) is 5.10 Å². The minimum Gasteiger partial charge on any atom is -0.406 e. The molecule has 0 aromatic carbocycles. The van der Waals surface area contributed by atoms with Crippen molar-refractivity contribution in [3.05, 3.63) is 23.8 Å². The van der Waals surface area contributed by atoms with Crippen molar-refractivity contribution >= 4 is 6.01 Å². The molecule has 2 N–H and O–H groups in total. The van der Waals surface area contributed by atoms with Gasteiger partial charge < -0.3 is 15.1 Å². The molecule has 1 unspecified atom stereocenters. The normalized spacial score (nSPS) is 12.7. The Labute approximate surface area is 99.2 Å². The van der Waals surface area contributed by atoms with Crippen molar-refractivity contribution in [1.29, 1.82) is 0 Å². The van der Waals surface area contributed by atoms with Crippen molar-refractivity contribution < 1.29 is 4.42 Å². The molecule has 0 spiro atoms. The van der Waals surface area contributed by atoms with Gasteiger partial charge in [-0.1, -0.05) is 5.10 Å². The summed E-state index contributed by atoms with van der Waals surface area (Å²) in [5.41, 5.74) is 6.73. The number of aromatic nitrogens is 4. The van der Waals surface area contributed by atoms with Crippen molar-refractivity contribution in [2.75, 3.05) is 11.9 Å². The molecule has 0 radical (unpaired) electrons. The van der Waals surface area contributed by atoms with Crippen molar-refractivity contribution in [3.8, 4) is 0 Å². The van der Waals surface area contributed by atoms with Gasteiger partial charge in [0.1, 0.15) is 0 Å². The average molecular weight is 236 g/mol. The molecule has 0 aliphatic rings. The summed E-state index contributed by atoms with van der Waals surface area (Å²) in [6, 6.07) is 0.212. The van der Waals surface area contributed by atoms with E-state index < -0.39 is 0 Å². The fraction of sp³-hybridized carbons (Fsp3) is 0.500. The van der Waals surface area contributed by atoms with Gasteiger partial charge in [0.25, 0.3) is 0 Å². The second kappa shape index (κ2) is 4.54. The fourth-order valence-corrected chi connectivity index (χ4v) is 1.46. The predicted molar refractivity (Wildman–Crippen MR) is 62.2 cm³/mol. The van der Waals surface area contributed by atoms with Crippen LogP contribution in [0.5, 0.6) is 0 Å². The fourth-order valence-electron chi connectivity index (χ4n) is 1.46. The molecule has 92 valence electrons. The minimum absolute atomic E-state index is 0.247. The van der Waals surface area contributed by atoms with E-state index >= 15 is 0 Å². The van der Waals surface area contributed by atoms with Crippen LogP contribution in [-0.2, 0) is 13.6 Å². The van der Waals surface area contributed by atoms with Gasteiger partial charge in [0.05, 0.1) is 18.8 Å². The molecular weight excluding hydrogens is 220 g/mol. The monoisotopic (exact) mass is 236 g/mol. The maximum Gasteiger partial charge on any atom is 0.318 e. The molecule has 2 aromatic rings. The second-order valence-electron chi connectivity index (χ2n) is 4.09. The second-order valence-corrected chi connectivity index (χ2v) is 4.09. The van der Waals surface area contributed by atoms with E-state index in [2.05, 4.69) is 15.3 Å². The van der Waals surface area contributed by atoms with Crippen molar-refractivity contribution in [1.82, 2.24) is 20.0 Å². The van der Waals surface area contributed by atoms with Crippen LogP contribution in [-0.4, -0.2) is 27.0 Å². The molecule has 0 saturated carbocycles. The Hall–Kier alpha value is -1.89. The van der Waals surface area contributed by atoms with E-state index in [0.717, 1.165) is 5.56 Å². The molecule has 7 nitrogen and oxygen atoms in total. The molecule has 0 saturated heterocycles. The van der Waals surface area contributed by atoms with E-state index in [-0.39, 0.29) is 6.04 Å². The molecular formula is C10H16N6O. The lowest BCUT2D eigenvalue weighted by molar-refractivity contribution is 0.460.